The lowest BCUT2D eigenvalue weighted by Crippen LogP contribution is -2.44. The molecule has 1 atom stereocenters. The number of hydrogen-bond donors (Lipinski definition) is 2. The van der Waals surface area contributed by atoms with Gasteiger partial charge in [-0.15, -0.1) is 0 Å². The van der Waals surface area contributed by atoms with Gasteiger partial charge in [0.15, 0.2) is 5.96 Å². The molecule has 1 unspecified atom stereocenters. The second kappa shape index (κ2) is 12.2. The molecule has 29 heavy (non-hydrogen) atoms. The number of carbonyl (C=O) groups is 1. The minimum Gasteiger partial charge on any atom is -0.469 e. The molecular formula is C21H32F2N4O2. The molecular weight excluding hydrogens is 378 g/mol. The summed E-state index contributed by atoms with van der Waals surface area (Å²) in [6, 6.07) is 3.85. The molecule has 1 aliphatic rings. The molecule has 1 heterocycles. The van der Waals surface area contributed by atoms with Crippen LogP contribution in [0.15, 0.2) is 23.2 Å². The summed E-state index contributed by atoms with van der Waals surface area (Å²) in [6.45, 7) is 4.82. The molecule has 0 saturated carbocycles. The Balaban J connectivity index is 1.75. The van der Waals surface area contributed by atoms with Crippen molar-refractivity contribution in [2.45, 2.75) is 51.5 Å². The zero-order valence-electron chi connectivity index (χ0n) is 17.3. The molecule has 162 valence electrons. The van der Waals surface area contributed by atoms with E-state index in [-0.39, 0.29) is 12.0 Å². The van der Waals surface area contributed by atoms with Crippen LogP contribution >= 0.6 is 0 Å². The fraction of sp³-hybridized carbons (Fsp3) is 0.619. The van der Waals surface area contributed by atoms with Crippen LogP contribution < -0.4 is 15.5 Å². The smallest absolute Gasteiger partial charge is 0.305 e. The first-order valence-electron chi connectivity index (χ1n) is 10.3. The molecule has 0 aliphatic carbocycles. The van der Waals surface area contributed by atoms with Crippen molar-refractivity contribution in [3.63, 3.8) is 0 Å². The quantitative estimate of drug-likeness (QED) is 0.268. The van der Waals surface area contributed by atoms with Crippen LogP contribution in [0.5, 0.6) is 0 Å². The number of aliphatic imine (C=N–C) groups is 1. The van der Waals surface area contributed by atoms with Gasteiger partial charge in [-0.3, -0.25) is 9.79 Å². The summed E-state index contributed by atoms with van der Waals surface area (Å²) >= 11 is 0. The maximum atomic E-state index is 14.0. The molecule has 1 saturated heterocycles. The van der Waals surface area contributed by atoms with Crippen molar-refractivity contribution in [2.75, 3.05) is 38.2 Å². The summed E-state index contributed by atoms with van der Waals surface area (Å²) in [6.07, 6.45) is 5.11. The van der Waals surface area contributed by atoms with E-state index in [9.17, 15) is 13.6 Å². The predicted molar refractivity (Wildman–Crippen MR) is 111 cm³/mol. The number of nitrogens with one attached hydrogen (secondary N) is 2. The number of halogens is 2. The van der Waals surface area contributed by atoms with Gasteiger partial charge in [-0.05, 0) is 38.3 Å². The average molecular weight is 411 g/mol. The molecule has 2 N–H and O–H groups in total. The Morgan fingerprint density at radius 2 is 2.07 bits per heavy atom. The van der Waals surface area contributed by atoms with E-state index in [1.807, 2.05) is 11.8 Å². The van der Waals surface area contributed by atoms with Gasteiger partial charge in [0.05, 0.1) is 12.8 Å². The number of carbonyl (C=O) groups excluding carboxylic acids is 1. The molecule has 0 radical (unpaired) electrons. The van der Waals surface area contributed by atoms with Gasteiger partial charge in [0, 0.05) is 44.7 Å². The summed E-state index contributed by atoms with van der Waals surface area (Å²) in [4.78, 5) is 17.6. The number of esters is 1. The van der Waals surface area contributed by atoms with Crippen LogP contribution in [0.25, 0.3) is 0 Å². The molecule has 0 bridgehead atoms. The molecule has 1 aromatic carbocycles. The van der Waals surface area contributed by atoms with Crippen LogP contribution in [0.3, 0.4) is 0 Å². The van der Waals surface area contributed by atoms with E-state index in [1.54, 1.807) is 0 Å². The normalized spacial score (nSPS) is 16.8. The van der Waals surface area contributed by atoms with E-state index in [1.165, 1.54) is 19.2 Å². The van der Waals surface area contributed by atoms with Crippen molar-refractivity contribution in [3.05, 3.63) is 29.8 Å². The molecule has 1 aliphatic heterocycles. The molecule has 0 aromatic heterocycles. The van der Waals surface area contributed by atoms with Crippen LogP contribution in [-0.4, -0.2) is 51.3 Å². The Bertz CT molecular complexity index is 685. The number of hydrogen-bond acceptors (Lipinski definition) is 4. The number of anilines is 1. The second-order valence-electron chi connectivity index (χ2n) is 7.17. The van der Waals surface area contributed by atoms with E-state index >= 15 is 0 Å². The van der Waals surface area contributed by atoms with Crippen molar-refractivity contribution in [1.82, 2.24) is 10.6 Å². The first-order chi connectivity index (χ1) is 14.0. The van der Waals surface area contributed by atoms with Gasteiger partial charge in [0.2, 0.25) is 0 Å². The Morgan fingerprint density at radius 1 is 1.28 bits per heavy atom. The maximum Gasteiger partial charge on any atom is 0.305 e. The van der Waals surface area contributed by atoms with Crippen LogP contribution in [-0.2, 0) is 9.53 Å². The van der Waals surface area contributed by atoms with Gasteiger partial charge in [0.1, 0.15) is 11.6 Å². The number of rotatable bonds is 10. The van der Waals surface area contributed by atoms with Crippen molar-refractivity contribution in [1.29, 1.82) is 0 Å². The summed E-state index contributed by atoms with van der Waals surface area (Å²) < 4.78 is 31.8. The minimum absolute atomic E-state index is 0.150. The third-order valence-corrected chi connectivity index (χ3v) is 4.91. The van der Waals surface area contributed by atoms with Gasteiger partial charge in [-0.2, -0.15) is 0 Å². The number of methoxy groups -OCH3 is 1. The number of ether oxygens (including phenoxy) is 1. The fourth-order valence-corrected chi connectivity index (χ4v) is 3.38. The summed E-state index contributed by atoms with van der Waals surface area (Å²) in [7, 11) is 1.41. The molecule has 6 nitrogen and oxygen atoms in total. The summed E-state index contributed by atoms with van der Waals surface area (Å²) in [5.41, 5.74) is 0.435. The largest absolute Gasteiger partial charge is 0.469 e. The standard InChI is InChI=1S/C21H32F2N4O2/c1-3-24-21(25-12-7-5-4-6-8-20(28)29-2)26-17-11-13-27(15-17)19-10-9-16(22)14-18(19)23/h9-10,14,17H,3-8,11-13,15H2,1-2H3,(H2,24,25,26). The summed E-state index contributed by atoms with van der Waals surface area (Å²) in [5.74, 6) is -0.494. The zero-order valence-corrected chi connectivity index (χ0v) is 17.3. The van der Waals surface area contributed by atoms with Crippen LogP contribution in [0.2, 0.25) is 0 Å². The van der Waals surface area contributed by atoms with Crippen molar-refractivity contribution >= 4 is 17.6 Å². The first-order valence-corrected chi connectivity index (χ1v) is 10.3. The maximum absolute atomic E-state index is 14.0. The van der Waals surface area contributed by atoms with E-state index in [0.717, 1.165) is 50.7 Å². The van der Waals surface area contributed by atoms with Gasteiger partial charge in [0.25, 0.3) is 0 Å². The lowest BCUT2D eigenvalue weighted by molar-refractivity contribution is -0.140. The first kappa shape index (κ1) is 22.9. The number of guanidine groups is 1. The Morgan fingerprint density at radius 3 is 2.79 bits per heavy atom. The number of unbranched alkanes of at least 4 members (excludes halogenated alkanes) is 3. The van der Waals surface area contributed by atoms with Crippen molar-refractivity contribution < 1.29 is 18.3 Å². The highest BCUT2D eigenvalue weighted by atomic mass is 19.1. The van der Waals surface area contributed by atoms with E-state index < -0.39 is 11.6 Å². The minimum atomic E-state index is -0.563. The highest BCUT2D eigenvalue weighted by Crippen LogP contribution is 2.24. The average Bonchev–Trinajstić information content (AvgIpc) is 3.15. The van der Waals surface area contributed by atoms with Crippen LogP contribution in [0, 0.1) is 11.6 Å². The Hall–Kier alpha value is -2.38. The van der Waals surface area contributed by atoms with E-state index in [0.29, 0.717) is 31.7 Å². The summed E-state index contributed by atoms with van der Waals surface area (Å²) in [5, 5.41) is 6.65. The molecule has 8 heteroatoms. The van der Waals surface area contributed by atoms with E-state index in [2.05, 4.69) is 20.4 Å². The lowest BCUT2D eigenvalue weighted by Gasteiger charge is -2.21. The second-order valence-corrected chi connectivity index (χ2v) is 7.17. The van der Waals surface area contributed by atoms with Crippen molar-refractivity contribution in [2.24, 2.45) is 4.99 Å². The molecule has 1 fully saturated rings. The van der Waals surface area contributed by atoms with Crippen molar-refractivity contribution in [3.8, 4) is 0 Å². The molecule has 0 amide bonds. The van der Waals surface area contributed by atoms with Crippen LogP contribution in [0.1, 0.15) is 45.4 Å². The zero-order chi connectivity index (χ0) is 21.1. The predicted octanol–water partition coefficient (Wildman–Crippen LogP) is 3.22. The molecule has 0 spiro atoms. The topological polar surface area (TPSA) is 66.0 Å². The van der Waals surface area contributed by atoms with Gasteiger partial charge >= 0.3 is 5.97 Å². The number of benzene rings is 1. The van der Waals surface area contributed by atoms with Crippen LogP contribution in [0.4, 0.5) is 14.5 Å². The molecule has 2 rings (SSSR count). The lowest BCUT2D eigenvalue weighted by atomic mass is 10.1. The Labute approximate surface area is 171 Å². The highest BCUT2D eigenvalue weighted by molar-refractivity contribution is 5.80. The van der Waals surface area contributed by atoms with Gasteiger partial charge in [-0.25, -0.2) is 8.78 Å². The SMILES string of the molecule is CCNC(=NCCCCCCC(=O)OC)NC1CCN(c2ccc(F)cc2F)C1. The fourth-order valence-electron chi connectivity index (χ4n) is 3.38. The number of nitrogens with zero attached hydrogens (tertiary/aromatic N) is 2. The molecule has 1 aromatic rings. The highest BCUT2D eigenvalue weighted by Gasteiger charge is 2.25. The van der Waals surface area contributed by atoms with Gasteiger partial charge < -0.3 is 20.3 Å². The monoisotopic (exact) mass is 410 g/mol. The van der Waals surface area contributed by atoms with Gasteiger partial charge in [-0.1, -0.05) is 12.8 Å². The van der Waals surface area contributed by atoms with E-state index in [4.69, 9.17) is 0 Å². The third-order valence-electron chi connectivity index (χ3n) is 4.91. The third kappa shape index (κ3) is 7.87. The Kier molecular flexibility index (Phi) is 9.67.